The molecule has 1 aromatic rings. The quantitative estimate of drug-likeness (QED) is 0.839. The van der Waals surface area contributed by atoms with Gasteiger partial charge in [0.05, 0.1) is 6.42 Å². The van der Waals surface area contributed by atoms with E-state index in [-0.39, 0.29) is 11.4 Å². The number of amides is 1. The van der Waals surface area contributed by atoms with Crippen molar-refractivity contribution in [1.29, 1.82) is 0 Å². The third-order valence-electron chi connectivity index (χ3n) is 4.21. The summed E-state index contributed by atoms with van der Waals surface area (Å²) in [5, 5.41) is 3.15. The number of nitrogens with two attached hydrogens (primary N) is 1. The van der Waals surface area contributed by atoms with E-state index in [1.807, 2.05) is 24.3 Å². The molecule has 0 aromatic heterocycles. The van der Waals surface area contributed by atoms with Gasteiger partial charge in [-0.3, -0.25) is 9.69 Å². The fourth-order valence-corrected chi connectivity index (χ4v) is 2.84. The first-order chi connectivity index (χ1) is 9.86. The zero-order chi connectivity index (χ0) is 15.5. The molecule has 0 radical (unpaired) electrons. The molecule has 0 unspecified atom stereocenters. The van der Waals surface area contributed by atoms with Crippen molar-refractivity contribution in [3.8, 4) is 0 Å². The average molecular weight is 289 g/mol. The zero-order valence-electron chi connectivity index (χ0n) is 13.4. The van der Waals surface area contributed by atoms with Crippen LogP contribution in [0, 0.1) is 0 Å². The maximum atomic E-state index is 12.1. The van der Waals surface area contributed by atoms with Crippen LogP contribution in [0.15, 0.2) is 24.3 Å². The smallest absolute Gasteiger partial charge is 0.224 e. The third kappa shape index (κ3) is 4.46. The molecule has 1 aromatic carbocycles. The number of rotatable bonds is 3. The largest absolute Gasteiger partial charge is 0.398 e. The van der Waals surface area contributed by atoms with Crippen LogP contribution in [0.2, 0.25) is 0 Å². The van der Waals surface area contributed by atoms with Crippen LogP contribution in [-0.2, 0) is 11.2 Å². The van der Waals surface area contributed by atoms with Crippen LogP contribution >= 0.6 is 0 Å². The number of carbonyl (C=O) groups is 1. The second-order valence-electron chi connectivity index (χ2n) is 6.88. The van der Waals surface area contributed by atoms with Gasteiger partial charge < -0.3 is 11.1 Å². The number of likely N-dealkylation sites (tertiary alicyclic amines) is 1. The molecule has 2 rings (SSSR count). The Morgan fingerprint density at radius 1 is 1.29 bits per heavy atom. The summed E-state index contributed by atoms with van der Waals surface area (Å²) in [4.78, 5) is 14.6. The molecule has 4 heteroatoms. The molecule has 1 heterocycles. The number of hydrogen-bond donors (Lipinski definition) is 2. The Balaban J connectivity index is 1.81. The van der Waals surface area contributed by atoms with E-state index >= 15 is 0 Å². The second-order valence-corrected chi connectivity index (χ2v) is 6.88. The number of piperidine rings is 1. The Kier molecular flexibility index (Phi) is 4.88. The van der Waals surface area contributed by atoms with Gasteiger partial charge in [0.15, 0.2) is 0 Å². The van der Waals surface area contributed by atoms with Crippen molar-refractivity contribution >= 4 is 11.6 Å². The molecule has 0 atom stereocenters. The Labute approximate surface area is 127 Å². The lowest BCUT2D eigenvalue weighted by atomic mass is 9.98. The summed E-state index contributed by atoms with van der Waals surface area (Å²) in [6.07, 6.45) is 2.41. The van der Waals surface area contributed by atoms with Crippen LogP contribution in [0.25, 0.3) is 0 Å². The summed E-state index contributed by atoms with van der Waals surface area (Å²) >= 11 is 0. The lowest BCUT2D eigenvalue weighted by molar-refractivity contribution is -0.121. The van der Waals surface area contributed by atoms with E-state index in [9.17, 15) is 4.79 Å². The van der Waals surface area contributed by atoms with E-state index in [0.717, 1.165) is 31.5 Å². The van der Waals surface area contributed by atoms with Crippen molar-refractivity contribution in [3.63, 3.8) is 0 Å². The minimum absolute atomic E-state index is 0.0714. The van der Waals surface area contributed by atoms with Gasteiger partial charge in [-0.25, -0.2) is 0 Å². The standard InChI is InChI=1S/C17H27N3O/c1-17(2,3)20-10-8-14(9-11-20)19-16(21)12-13-6-4-5-7-15(13)18/h4-7,14H,8-12,18H2,1-3H3,(H,19,21). The molecule has 3 N–H and O–H groups in total. The fourth-order valence-electron chi connectivity index (χ4n) is 2.84. The molecule has 1 fully saturated rings. The molecule has 1 amide bonds. The van der Waals surface area contributed by atoms with Crippen LogP contribution < -0.4 is 11.1 Å². The molecule has 0 bridgehead atoms. The lowest BCUT2D eigenvalue weighted by Gasteiger charge is -2.41. The highest BCUT2D eigenvalue weighted by atomic mass is 16.1. The summed E-state index contributed by atoms with van der Waals surface area (Å²) in [5.74, 6) is 0.0714. The van der Waals surface area contributed by atoms with Crippen LogP contribution in [-0.4, -0.2) is 35.5 Å². The highest BCUT2D eigenvalue weighted by molar-refractivity contribution is 5.80. The fraction of sp³-hybridized carbons (Fsp3) is 0.588. The molecule has 1 aliphatic rings. The van der Waals surface area contributed by atoms with Crippen LogP contribution in [0.5, 0.6) is 0 Å². The Bertz CT molecular complexity index is 485. The maximum Gasteiger partial charge on any atom is 0.224 e. The molecule has 21 heavy (non-hydrogen) atoms. The van der Waals surface area contributed by atoms with Gasteiger partial charge in [-0.15, -0.1) is 0 Å². The number of nitrogen functional groups attached to an aromatic ring is 1. The van der Waals surface area contributed by atoms with E-state index in [4.69, 9.17) is 5.73 Å². The topological polar surface area (TPSA) is 58.4 Å². The summed E-state index contributed by atoms with van der Waals surface area (Å²) in [6.45, 7) is 8.81. The molecule has 4 nitrogen and oxygen atoms in total. The van der Waals surface area contributed by atoms with E-state index in [1.54, 1.807) is 0 Å². The highest BCUT2D eigenvalue weighted by Gasteiger charge is 2.27. The van der Waals surface area contributed by atoms with Crippen molar-refractivity contribution < 1.29 is 4.79 Å². The molecule has 1 saturated heterocycles. The van der Waals surface area contributed by atoms with E-state index in [1.165, 1.54) is 0 Å². The Hall–Kier alpha value is -1.55. The predicted molar refractivity (Wildman–Crippen MR) is 87.0 cm³/mol. The van der Waals surface area contributed by atoms with Gasteiger partial charge in [0.25, 0.3) is 0 Å². The SMILES string of the molecule is CC(C)(C)N1CCC(NC(=O)Cc2ccccc2N)CC1. The molecule has 0 saturated carbocycles. The number of anilines is 1. The number of carbonyl (C=O) groups excluding carboxylic acids is 1. The third-order valence-corrected chi connectivity index (χ3v) is 4.21. The Morgan fingerprint density at radius 2 is 1.90 bits per heavy atom. The lowest BCUT2D eigenvalue weighted by Crippen LogP contribution is -2.51. The highest BCUT2D eigenvalue weighted by Crippen LogP contribution is 2.20. The van der Waals surface area contributed by atoms with Crippen LogP contribution in [0.4, 0.5) is 5.69 Å². The van der Waals surface area contributed by atoms with Gasteiger partial charge >= 0.3 is 0 Å². The van der Waals surface area contributed by atoms with Crippen molar-refractivity contribution in [1.82, 2.24) is 10.2 Å². The van der Waals surface area contributed by atoms with E-state index in [0.29, 0.717) is 18.2 Å². The van der Waals surface area contributed by atoms with Crippen molar-refractivity contribution in [3.05, 3.63) is 29.8 Å². The number of nitrogens with zero attached hydrogens (tertiary/aromatic N) is 1. The van der Waals surface area contributed by atoms with Gasteiger partial charge in [-0.2, -0.15) is 0 Å². The molecular weight excluding hydrogens is 262 g/mol. The monoisotopic (exact) mass is 289 g/mol. The van der Waals surface area contributed by atoms with E-state index in [2.05, 4.69) is 31.0 Å². The van der Waals surface area contributed by atoms with Gasteiger partial charge in [0.2, 0.25) is 5.91 Å². The number of benzene rings is 1. The van der Waals surface area contributed by atoms with Crippen LogP contribution in [0.3, 0.4) is 0 Å². The summed E-state index contributed by atoms with van der Waals surface area (Å²) < 4.78 is 0. The van der Waals surface area contributed by atoms with Crippen LogP contribution in [0.1, 0.15) is 39.2 Å². The normalized spacial score (nSPS) is 17.7. The van der Waals surface area contributed by atoms with Crippen molar-refractivity contribution in [2.45, 2.75) is 51.6 Å². The molecule has 0 spiro atoms. The molecule has 116 valence electrons. The summed E-state index contributed by atoms with van der Waals surface area (Å²) in [5.41, 5.74) is 7.69. The first-order valence-electron chi connectivity index (χ1n) is 7.74. The molecule has 0 aliphatic carbocycles. The summed E-state index contributed by atoms with van der Waals surface area (Å²) in [6, 6.07) is 7.85. The minimum atomic E-state index is 0.0714. The van der Waals surface area contributed by atoms with Gasteiger partial charge in [-0.1, -0.05) is 18.2 Å². The number of nitrogens with one attached hydrogen (secondary N) is 1. The van der Waals surface area contributed by atoms with Gasteiger partial charge in [0.1, 0.15) is 0 Å². The first kappa shape index (κ1) is 15.8. The number of para-hydroxylation sites is 1. The van der Waals surface area contributed by atoms with E-state index < -0.39 is 0 Å². The van der Waals surface area contributed by atoms with Crippen molar-refractivity contribution in [2.24, 2.45) is 0 Å². The first-order valence-corrected chi connectivity index (χ1v) is 7.74. The van der Waals surface area contributed by atoms with Gasteiger partial charge in [-0.05, 0) is 45.2 Å². The van der Waals surface area contributed by atoms with Gasteiger partial charge in [0, 0.05) is 30.4 Å². The predicted octanol–water partition coefficient (Wildman–Crippen LogP) is 2.19. The maximum absolute atomic E-state index is 12.1. The minimum Gasteiger partial charge on any atom is -0.398 e. The zero-order valence-corrected chi connectivity index (χ0v) is 13.4. The molecule has 1 aliphatic heterocycles. The summed E-state index contributed by atoms with van der Waals surface area (Å²) in [7, 11) is 0. The molecular formula is C17H27N3O. The second kappa shape index (κ2) is 6.48. The Morgan fingerprint density at radius 3 is 2.48 bits per heavy atom. The average Bonchev–Trinajstić information content (AvgIpc) is 2.41. The van der Waals surface area contributed by atoms with Crippen molar-refractivity contribution in [2.75, 3.05) is 18.8 Å². The number of hydrogen-bond acceptors (Lipinski definition) is 3.